The zero-order valence-corrected chi connectivity index (χ0v) is 21.8. The zero-order chi connectivity index (χ0) is 26.4. The van der Waals surface area contributed by atoms with E-state index in [1.54, 1.807) is 60.7 Å². The van der Waals surface area contributed by atoms with Crippen LogP contribution < -0.4 is 20.2 Å². The summed E-state index contributed by atoms with van der Waals surface area (Å²) in [6.45, 7) is -0.212. The standard InChI is InChI=1S/C26H20ClN3O5S2/c1-34-21-13-16(7-12-20(21)35-15-23(31)28-19-5-3-2-4-6-19)14-22-25(33)30(26(36)37-22)29-24(32)17-8-10-18(27)11-9-17/h2-14H,15H2,1H3,(H,28,31)(H,29,32)/b22-14-. The molecule has 1 saturated heterocycles. The van der Waals surface area contributed by atoms with Gasteiger partial charge in [-0.05, 0) is 72.4 Å². The van der Waals surface area contributed by atoms with Gasteiger partial charge in [0.05, 0.1) is 12.0 Å². The van der Waals surface area contributed by atoms with Crippen molar-refractivity contribution in [2.45, 2.75) is 0 Å². The molecule has 188 valence electrons. The van der Waals surface area contributed by atoms with E-state index < -0.39 is 11.8 Å². The molecule has 0 aliphatic carbocycles. The number of thioether (sulfide) groups is 1. The summed E-state index contributed by atoms with van der Waals surface area (Å²) in [7, 11) is 1.47. The second-order valence-electron chi connectivity index (χ2n) is 7.58. The fraction of sp³-hybridized carbons (Fsp3) is 0.0769. The second kappa shape index (κ2) is 11.9. The number of hydrazine groups is 1. The average Bonchev–Trinajstić information content (AvgIpc) is 3.16. The summed E-state index contributed by atoms with van der Waals surface area (Å²) in [6.07, 6.45) is 1.63. The molecule has 1 heterocycles. The molecule has 0 aromatic heterocycles. The van der Waals surface area contributed by atoms with E-state index in [9.17, 15) is 14.4 Å². The molecule has 3 aromatic rings. The maximum atomic E-state index is 12.9. The van der Waals surface area contributed by atoms with Crippen LogP contribution in [0.5, 0.6) is 11.5 Å². The first-order valence-electron chi connectivity index (χ1n) is 10.8. The van der Waals surface area contributed by atoms with E-state index in [0.717, 1.165) is 16.8 Å². The number of thiocarbonyl (C=S) groups is 1. The monoisotopic (exact) mass is 553 g/mol. The summed E-state index contributed by atoms with van der Waals surface area (Å²) < 4.78 is 11.2. The fourth-order valence-corrected chi connectivity index (χ4v) is 4.54. The topological polar surface area (TPSA) is 97.0 Å². The van der Waals surface area contributed by atoms with Crippen LogP contribution in [0.25, 0.3) is 6.08 Å². The zero-order valence-electron chi connectivity index (χ0n) is 19.4. The van der Waals surface area contributed by atoms with Crippen LogP contribution in [0.2, 0.25) is 5.02 Å². The quantitative estimate of drug-likeness (QED) is 0.302. The molecule has 0 atom stereocenters. The third-order valence-corrected chi connectivity index (χ3v) is 6.57. The van der Waals surface area contributed by atoms with E-state index in [2.05, 4.69) is 10.7 Å². The van der Waals surface area contributed by atoms with E-state index in [1.165, 1.54) is 7.11 Å². The van der Waals surface area contributed by atoms with Crippen molar-refractivity contribution in [1.82, 2.24) is 10.4 Å². The summed E-state index contributed by atoms with van der Waals surface area (Å²) in [5.74, 6) is -0.525. The Morgan fingerprint density at radius 2 is 1.78 bits per heavy atom. The Bertz CT molecular complexity index is 1380. The lowest BCUT2D eigenvalue weighted by atomic mass is 10.2. The van der Waals surface area contributed by atoms with Crippen molar-refractivity contribution in [2.75, 3.05) is 19.0 Å². The highest BCUT2D eigenvalue weighted by Crippen LogP contribution is 2.34. The van der Waals surface area contributed by atoms with Gasteiger partial charge in [-0.2, -0.15) is 5.01 Å². The Morgan fingerprint density at radius 1 is 1.05 bits per heavy atom. The Hall–Kier alpha value is -3.86. The lowest BCUT2D eigenvalue weighted by molar-refractivity contribution is -0.123. The molecule has 0 radical (unpaired) electrons. The molecule has 0 saturated carbocycles. The highest BCUT2D eigenvalue weighted by atomic mass is 35.5. The second-order valence-corrected chi connectivity index (χ2v) is 9.69. The molecule has 3 amide bonds. The number of nitrogens with one attached hydrogen (secondary N) is 2. The van der Waals surface area contributed by atoms with Crippen LogP contribution in [0.3, 0.4) is 0 Å². The minimum Gasteiger partial charge on any atom is -0.493 e. The summed E-state index contributed by atoms with van der Waals surface area (Å²) in [6, 6.07) is 20.3. The smallest absolute Gasteiger partial charge is 0.285 e. The van der Waals surface area contributed by atoms with Gasteiger partial charge in [0.15, 0.2) is 22.4 Å². The third kappa shape index (κ3) is 6.67. The molecule has 8 nitrogen and oxygen atoms in total. The lowest BCUT2D eigenvalue weighted by Gasteiger charge is -2.15. The predicted octanol–water partition coefficient (Wildman–Crippen LogP) is 4.91. The van der Waals surface area contributed by atoms with Crippen molar-refractivity contribution in [3.8, 4) is 11.5 Å². The highest BCUT2D eigenvalue weighted by Gasteiger charge is 2.33. The van der Waals surface area contributed by atoms with Crippen LogP contribution in [0, 0.1) is 0 Å². The highest BCUT2D eigenvalue weighted by molar-refractivity contribution is 8.26. The molecule has 4 rings (SSSR count). The van der Waals surface area contributed by atoms with Crippen LogP contribution in [-0.2, 0) is 9.59 Å². The SMILES string of the molecule is COc1cc(/C=C2\SC(=S)N(NC(=O)c3ccc(Cl)cc3)C2=O)ccc1OCC(=O)Nc1ccccc1. The van der Waals surface area contributed by atoms with E-state index in [4.69, 9.17) is 33.3 Å². The number of amides is 3. The third-order valence-electron chi connectivity index (χ3n) is 5.02. The number of carbonyl (C=O) groups excluding carboxylic acids is 3. The average molecular weight is 554 g/mol. The Kier molecular flexibility index (Phi) is 8.44. The minimum absolute atomic E-state index is 0.190. The number of nitrogens with zero attached hydrogens (tertiary/aromatic N) is 1. The maximum absolute atomic E-state index is 12.9. The van der Waals surface area contributed by atoms with Crippen LogP contribution in [0.15, 0.2) is 77.7 Å². The Labute approximate surface area is 227 Å². The number of anilines is 1. The largest absolute Gasteiger partial charge is 0.493 e. The summed E-state index contributed by atoms with van der Waals surface area (Å²) in [4.78, 5) is 37.9. The van der Waals surface area contributed by atoms with E-state index in [-0.39, 0.29) is 16.8 Å². The van der Waals surface area contributed by atoms with E-state index in [1.807, 2.05) is 18.2 Å². The van der Waals surface area contributed by atoms with Gasteiger partial charge in [0, 0.05) is 16.3 Å². The van der Waals surface area contributed by atoms with Gasteiger partial charge in [-0.25, -0.2) is 0 Å². The van der Waals surface area contributed by atoms with Crippen LogP contribution >= 0.6 is 35.6 Å². The molecule has 1 aliphatic rings. The van der Waals surface area contributed by atoms with Gasteiger partial charge < -0.3 is 14.8 Å². The van der Waals surface area contributed by atoms with E-state index in [0.29, 0.717) is 38.2 Å². The number of benzene rings is 3. The summed E-state index contributed by atoms with van der Waals surface area (Å²) >= 11 is 12.2. The van der Waals surface area contributed by atoms with Crippen molar-refractivity contribution < 1.29 is 23.9 Å². The van der Waals surface area contributed by atoms with E-state index >= 15 is 0 Å². The molecular weight excluding hydrogens is 534 g/mol. The number of ether oxygens (including phenoxy) is 2. The van der Waals surface area contributed by atoms with Crippen molar-refractivity contribution in [1.29, 1.82) is 0 Å². The summed E-state index contributed by atoms with van der Waals surface area (Å²) in [5.41, 5.74) is 4.16. The first-order chi connectivity index (χ1) is 17.8. The van der Waals surface area contributed by atoms with Gasteiger partial charge in [-0.3, -0.25) is 19.8 Å². The minimum atomic E-state index is -0.492. The van der Waals surface area contributed by atoms with Gasteiger partial charge in [0.2, 0.25) is 0 Å². The van der Waals surface area contributed by atoms with Gasteiger partial charge >= 0.3 is 0 Å². The molecule has 37 heavy (non-hydrogen) atoms. The molecular formula is C26H20ClN3O5S2. The van der Waals surface area contributed by atoms with Gasteiger partial charge in [0.1, 0.15) is 0 Å². The van der Waals surface area contributed by atoms with Crippen molar-refractivity contribution in [3.05, 3.63) is 93.9 Å². The van der Waals surface area contributed by atoms with Crippen molar-refractivity contribution in [3.63, 3.8) is 0 Å². The molecule has 1 fully saturated rings. The van der Waals surface area contributed by atoms with Gasteiger partial charge in [-0.1, -0.05) is 47.6 Å². The molecule has 0 spiro atoms. The molecule has 3 aromatic carbocycles. The normalized spacial score (nSPS) is 14.0. The number of carbonyl (C=O) groups is 3. The van der Waals surface area contributed by atoms with Crippen molar-refractivity contribution in [2.24, 2.45) is 0 Å². The van der Waals surface area contributed by atoms with Crippen molar-refractivity contribution >= 4 is 69.4 Å². The molecule has 0 unspecified atom stereocenters. The van der Waals surface area contributed by atoms with Gasteiger partial charge in [0.25, 0.3) is 17.7 Å². The van der Waals surface area contributed by atoms with Crippen LogP contribution in [0.1, 0.15) is 15.9 Å². The first kappa shape index (κ1) is 26.2. The fourth-order valence-electron chi connectivity index (χ4n) is 3.24. The molecule has 0 bridgehead atoms. The molecule has 1 aliphatic heterocycles. The first-order valence-corrected chi connectivity index (χ1v) is 12.4. The summed E-state index contributed by atoms with van der Waals surface area (Å²) in [5, 5.41) is 4.27. The van der Waals surface area contributed by atoms with Gasteiger partial charge in [-0.15, -0.1) is 0 Å². The van der Waals surface area contributed by atoms with Crippen LogP contribution in [0.4, 0.5) is 5.69 Å². The van der Waals surface area contributed by atoms with Crippen LogP contribution in [-0.4, -0.2) is 40.8 Å². The number of rotatable bonds is 8. The number of halogens is 1. The Balaban J connectivity index is 1.41. The number of hydrogen-bond acceptors (Lipinski definition) is 7. The number of hydrogen-bond donors (Lipinski definition) is 2. The number of para-hydroxylation sites is 1. The number of methoxy groups -OCH3 is 1. The molecule has 11 heteroatoms. The molecule has 2 N–H and O–H groups in total. The predicted molar refractivity (Wildman–Crippen MR) is 147 cm³/mol. The Morgan fingerprint density at radius 3 is 2.49 bits per heavy atom. The maximum Gasteiger partial charge on any atom is 0.285 e. The lowest BCUT2D eigenvalue weighted by Crippen LogP contribution is -2.44.